The molecule has 0 atom stereocenters. The molecule has 0 saturated heterocycles. The number of carbonyl (C=O) groups excluding carboxylic acids is 1. The zero-order chi connectivity index (χ0) is 13.8. The van der Waals surface area contributed by atoms with E-state index in [0.717, 1.165) is 0 Å². The van der Waals surface area contributed by atoms with Crippen LogP contribution in [-0.2, 0) is 0 Å². The lowest BCUT2D eigenvalue weighted by molar-refractivity contribution is 0.0698. The predicted octanol–water partition coefficient (Wildman–Crippen LogP) is 2.10. The summed E-state index contributed by atoms with van der Waals surface area (Å²) < 4.78 is 5.00. The Morgan fingerprint density at radius 1 is 1.42 bits per heavy atom. The Morgan fingerprint density at radius 2 is 2.21 bits per heavy atom. The van der Waals surface area contributed by atoms with E-state index in [0.29, 0.717) is 5.75 Å². The summed E-state index contributed by atoms with van der Waals surface area (Å²) in [5, 5.41) is 13.5. The lowest BCUT2D eigenvalue weighted by atomic mass is 10.1. The summed E-state index contributed by atoms with van der Waals surface area (Å²) in [6.45, 7) is 0. The molecule has 0 radical (unpaired) electrons. The molecule has 1 amide bonds. The van der Waals surface area contributed by atoms with Gasteiger partial charge in [-0.15, -0.1) is 11.3 Å². The lowest BCUT2D eigenvalue weighted by Gasteiger charge is -2.09. The smallest absolute Gasteiger partial charge is 0.337 e. The zero-order valence-corrected chi connectivity index (χ0v) is 10.7. The number of rotatable bonds is 4. The first kappa shape index (κ1) is 13.0. The molecule has 2 aromatic rings. The van der Waals surface area contributed by atoms with Crippen LogP contribution < -0.4 is 10.1 Å². The fourth-order valence-corrected chi connectivity index (χ4v) is 1.98. The van der Waals surface area contributed by atoms with E-state index in [1.807, 2.05) is 0 Å². The summed E-state index contributed by atoms with van der Waals surface area (Å²) in [5.74, 6) is -1.12. The van der Waals surface area contributed by atoms with Gasteiger partial charge in [-0.3, -0.25) is 4.79 Å². The molecule has 0 bridgehead atoms. The highest BCUT2D eigenvalue weighted by atomic mass is 32.1. The van der Waals surface area contributed by atoms with Gasteiger partial charge in [0.1, 0.15) is 5.75 Å². The van der Waals surface area contributed by atoms with Crippen molar-refractivity contribution in [3.8, 4) is 5.75 Å². The van der Waals surface area contributed by atoms with Crippen molar-refractivity contribution in [2.45, 2.75) is 0 Å². The summed E-state index contributed by atoms with van der Waals surface area (Å²) in [4.78, 5) is 26.8. The van der Waals surface area contributed by atoms with E-state index in [9.17, 15) is 9.59 Å². The molecule has 1 aromatic heterocycles. The van der Waals surface area contributed by atoms with Crippen molar-refractivity contribution in [2.75, 3.05) is 12.4 Å². The van der Waals surface area contributed by atoms with Gasteiger partial charge in [0.05, 0.1) is 18.4 Å². The number of anilines is 1. The molecule has 0 aliphatic rings. The van der Waals surface area contributed by atoms with Gasteiger partial charge < -0.3 is 15.2 Å². The van der Waals surface area contributed by atoms with Gasteiger partial charge in [0.15, 0.2) is 5.01 Å². The van der Waals surface area contributed by atoms with Crippen molar-refractivity contribution in [1.82, 2.24) is 4.98 Å². The molecule has 19 heavy (non-hydrogen) atoms. The normalized spacial score (nSPS) is 9.95. The minimum atomic E-state index is -1.13. The summed E-state index contributed by atoms with van der Waals surface area (Å²) >= 11 is 1.17. The topological polar surface area (TPSA) is 88.5 Å². The van der Waals surface area contributed by atoms with Crippen LogP contribution in [0.2, 0.25) is 0 Å². The van der Waals surface area contributed by atoms with Crippen LogP contribution in [0.25, 0.3) is 0 Å². The van der Waals surface area contributed by atoms with Gasteiger partial charge in [-0.25, -0.2) is 9.78 Å². The standard InChI is InChI=1S/C12H10N2O4S/c1-18-7-2-3-8(12(16)17)9(6-7)14-10(15)11-13-4-5-19-11/h2-6H,1H3,(H,14,15)(H,16,17). The Morgan fingerprint density at radius 3 is 2.79 bits per heavy atom. The first-order chi connectivity index (χ1) is 9.11. The molecule has 0 aliphatic heterocycles. The third-order valence-electron chi connectivity index (χ3n) is 2.33. The number of nitrogens with zero attached hydrogens (tertiary/aromatic N) is 1. The first-order valence-electron chi connectivity index (χ1n) is 5.24. The maximum absolute atomic E-state index is 11.9. The number of ether oxygens (including phenoxy) is 1. The number of carboxylic acid groups (broad SMARTS) is 1. The fourth-order valence-electron chi connectivity index (χ4n) is 1.45. The molecule has 1 heterocycles. The van der Waals surface area contributed by atoms with E-state index in [1.54, 1.807) is 5.38 Å². The van der Waals surface area contributed by atoms with Gasteiger partial charge in [0.2, 0.25) is 0 Å². The number of thiazole rings is 1. The minimum Gasteiger partial charge on any atom is -0.497 e. The number of aromatic carboxylic acids is 1. The number of benzene rings is 1. The van der Waals surface area contributed by atoms with Crippen LogP contribution >= 0.6 is 11.3 Å². The number of amides is 1. The van der Waals surface area contributed by atoms with Crippen molar-refractivity contribution in [3.63, 3.8) is 0 Å². The molecule has 7 heteroatoms. The molecule has 98 valence electrons. The van der Waals surface area contributed by atoms with Crippen LogP contribution in [0, 0.1) is 0 Å². The van der Waals surface area contributed by atoms with Gasteiger partial charge in [0, 0.05) is 17.6 Å². The summed E-state index contributed by atoms with van der Waals surface area (Å²) in [6.07, 6.45) is 1.50. The molecular formula is C12H10N2O4S. The minimum absolute atomic E-state index is 0.00861. The maximum atomic E-state index is 11.9. The third-order valence-corrected chi connectivity index (χ3v) is 3.10. The SMILES string of the molecule is COc1ccc(C(=O)O)c(NC(=O)c2nccs2)c1. The van der Waals surface area contributed by atoms with Crippen molar-refractivity contribution in [3.05, 3.63) is 40.3 Å². The molecule has 1 aromatic carbocycles. The highest BCUT2D eigenvalue weighted by molar-refractivity contribution is 7.11. The van der Waals surface area contributed by atoms with Crippen LogP contribution in [0.5, 0.6) is 5.75 Å². The van der Waals surface area contributed by atoms with Gasteiger partial charge in [-0.2, -0.15) is 0 Å². The summed E-state index contributed by atoms with van der Waals surface area (Å²) in [6, 6.07) is 4.34. The molecule has 0 aliphatic carbocycles. The molecule has 2 rings (SSSR count). The Bertz CT molecular complexity index is 610. The van der Waals surface area contributed by atoms with E-state index in [-0.39, 0.29) is 16.3 Å². The van der Waals surface area contributed by atoms with E-state index >= 15 is 0 Å². The maximum Gasteiger partial charge on any atom is 0.337 e. The second-order valence-electron chi connectivity index (χ2n) is 3.51. The molecular weight excluding hydrogens is 268 g/mol. The predicted molar refractivity (Wildman–Crippen MR) is 70.0 cm³/mol. The molecule has 0 spiro atoms. The molecule has 2 N–H and O–H groups in total. The van der Waals surface area contributed by atoms with E-state index in [2.05, 4.69) is 10.3 Å². The number of aromatic nitrogens is 1. The second-order valence-corrected chi connectivity index (χ2v) is 4.40. The number of carboxylic acids is 1. The van der Waals surface area contributed by atoms with Crippen molar-refractivity contribution < 1.29 is 19.4 Å². The number of nitrogens with one attached hydrogen (secondary N) is 1. The average Bonchev–Trinajstić information content (AvgIpc) is 2.92. The zero-order valence-electron chi connectivity index (χ0n) is 9.91. The lowest BCUT2D eigenvalue weighted by Crippen LogP contribution is -2.14. The molecule has 0 fully saturated rings. The van der Waals surface area contributed by atoms with Gasteiger partial charge in [-0.1, -0.05) is 0 Å². The van der Waals surface area contributed by atoms with Crippen LogP contribution in [0.1, 0.15) is 20.2 Å². The second kappa shape index (κ2) is 5.49. The van der Waals surface area contributed by atoms with Gasteiger partial charge in [-0.05, 0) is 12.1 Å². The summed E-state index contributed by atoms with van der Waals surface area (Å²) in [5.41, 5.74) is 0.165. The largest absolute Gasteiger partial charge is 0.497 e. The van der Waals surface area contributed by atoms with Crippen LogP contribution in [-0.4, -0.2) is 29.1 Å². The van der Waals surface area contributed by atoms with Crippen LogP contribution in [0.15, 0.2) is 29.8 Å². The highest BCUT2D eigenvalue weighted by Crippen LogP contribution is 2.23. The van der Waals surface area contributed by atoms with E-state index in [1.165, 1.54) is 42.8 Å². The number of carbonyl (C=O) groups is 2. The first-order valence-corrected chi connectivity index (χ1v) is 6.12. The highest BCUT2D eigenvalue weighted by Gasteiger charge is 2.15. The van der Waals surface area contributed by atoms with Crippen molar-refractivity contribution in [2.24, 2.45) is 0 Å². The van der Waals surface area contributed by atoms with Crippen molar-refractivity contribution >= 4 is 28.9 Å². The van der Waals surface area contributed by atoms with Crippen molar-refractivity contribution in [1.29, 1.82) is 0 Å². The monoisotopic (exact) mass is 278 g/mol. The Balaban J connectivity index is 2.32. The number of hydrogen-bond acceptors (Lipinski definition) is 5. The van der Waals surface area contributed by atoms with E-state index in [4.69, 9.17) is 9.84 Å². The average molecular weight is 278 g/mol. The Hall–Kier alpha value is -2.41. The fraction of sp³-hybridized carbons (Fsp3) is 0.0833. The van der Waals surface area contributed by atoms with Crippen LogP contribution in [0.4, 0.5) is 5.69 Å². The Kier molecular flexibility index (Phi) is 3.76. The van der Waals surface area contributed by atoms with E-state index < -0.39 is 11.9 Å². The quantitative estimate of drug-likeness (QED) is 0.894. The van der Waals surface area contributed by atoms with Gasteiger partial charge in [0.25, 0.3) is 5.91 Å². The number of methoxy groups -OCH3 is 1. The van der Waals surface area contributed by atoms with Crippen LogP contribution in [0.3, 0.4) is 0 Å². The molecule has 0 saturated carbocycles. The Labute approximate surface area is 112 Å². The summed E-state index contributed by atoms with van der Waals surface area (Å²) in [7, 11) is 1.46. The molecule has 6 nitrogen and oxygen atoms in total. The third kappa shape index (κ3) is 2.89. The molecule has 0 unspecified atom stereocenters. The number of hydrogen-bond donors (Lipinski definition) is 2. The van der Waals surface area contributed by atoms with Gasteiger partial charge >= 0.3 is 5.97 Å².